The van der Waals surface area contributed by atoms with E-state index in [0.29, 0.717) is 5.56 Å². The van der Waals surface area contributed by atoms with Crippen LogP contribution in [0.15, 0.2) is 46.2 Å². The van der Waals surface area contributed by atoms with Gasteiger partial charge in [-0.3, -0.25) is 0 Å². The lowest BCUT2D eigenvalue weighted by atomic mass is 10.1. The minimum atomic E-state index is -4.34. The zero-order valence-electron chi connectivity index (χ0n) is 11.8. The van der Waals surface area contributed by atoms with Gasteiger partial charge >= 0.3 is 6.18 Å². The van der Waals surface area contributed by atoms with Gasteiger partial charge in [0, 0.05) is 16.3 Å². The molecule has 0 heterocycles. The van der Waals surface area contributed by atoms with Crippen molar-refractivity contribution >= 4 is 11.8 Å². The van der Waals surface area contributed by atoms with Gasteiger partial charge < -0.3 is 5.73 Å². The Labute approximate surface area is 126 Å². The van der Waals surface area contributed by atoms with Crippen molar-refractivity contribution in [2.75, 3.05) is 0 Å². The lowest BCUT2D eigenvalue weighted by Gasteiger charge is -2.13. The van der Waals surface area contributed by atoms with Crippen molar-refractivity contribution in [3.8, 4) is 0 Å². The molecule has 0 aliphatic carbocycles. The topological polar surface area (TPSA) is 26.0 Å². The molecule has 5 heteroatoms. The number of rotatable bonds is 3. The number of hydrogen-bond acceptors (Lipinski definition) is 2. The van der Waals surface area contributed by atoms with Gasteiger partial charge in [0.1, 0.15) is 0 Å². The zero-order chi connectivity index (χ0) is 15.6. The van der Waals surface area contributed by atoms with Crippen molar-refractivity contribution in [1.82, 2.24) is 0 Å². The molecule has 0 saturated carbocycles. The lowest BCUT2D eigenvalue weighted by Crippen LogP contribution is -2.07. The molecule has 2 N–H and O–H groups in total. The van der Waals surface area contributed by atoms with Crippen LogP contribution in [0, 0.1) is 13.8 Å². The molecule has 0 fully saturated rings. The van der Waals surface area contributed by atoms with Crippen LogP contribution in [0.3, 0.4) is 0 Å². The van der Waals surface area contributed by atoms with Gasteiger partial charge in [-0.2, -0.15) is 13.2 Å². The van der Waals surface area contributed by atoms with Crippen LogP contribution in [0.25, 0.3) is 0 Å². The summed E-state index contributed by atoms with van der Waals surface area (Å²) in [5, 5.41) is 0. The van der Waals surface area contributed by atoms with E-state index in [4.69, 9.17) is 5.73 Å². The first-order valence-electron chi connectivity index (χ1n) is 6.46. The van der Waals surface area contributed by atoms with E-state index in [1.807, 2.05) is 26.0 Å². The Morgan fingerprint density at radius 3 is 2.24 bits per heavy atom. The summed E-state index contributed by atoms with van der Waals surface area (Å²) in [4.78, 5) is 1.78. The quantitative estimate of drug-likeness (QED) is 0.869. The Morgan fingerprint density at radius 2 is 1.67 bits per heavy atom. The molecule has 0 atom stereocenters. The van der Waals surface area contributed by atoms with Gasteiger partial charge in [0.25, 0.3) is 0 Å². The molecule has 0 bridgehead atoms. The molecule has 0 radical (unpaired) electrons. The minimum Gasteiger partial charge on any atom is -0.326 e. The van der Waals surface area contributed by atoms with Crippen LogP contribution in [0.4, 0.5) is 13.2 Å². The fourth-order valence-corrected chi connectivity index (χ4v) is 3.05. The first kappa shape index (κ1) is 15.9. The second kappa shape index (κ2) is 6.12. The summed E-state index contributed by atoms with van der Waals surface area (Å²) in [5.74, 6) is 0. The SMILES string of the molecule is Cc1ccc(Sc2ccc(C(F)(F)F)cc2CN)c(C)c1. The molecule has 1 nitrogen and oxygen atoms in total. The van der Waals surface area contributed by atoms with E-state index >= 15 is 0 Å². The van der Waals surface area contributed by atoms with Crippen LogP contribution in [0.5, 0.6) is 0 Å². The van der Waals surface area contributed by atoms with Gasteiger partial charge in [-0.1, -0.05) is 29.5 Å². The fraction of sp³-hybridized carbons (Fsp3) is 0.250. The minimum absolute atomic E-state index is 0.0805. The summed E-state index contributed by atoms with van der Waals surface area (Å²) in [6.07, 6.45) is -4.34. The summed E-state index contributed by atoms with van der Waals surface area (Å²) in [6, 6.07) is 9.75. The standard InChI is InChI=1S/C16H16F3NS/c1-10-3-5-14(11(2)7-10)21-15-6-4-13(16(17,18)19)8-12(15)9-20/h3-8H,9,20H2,1-2H3. The second-order valence-electron chi connectivity index (χ2n) is 4.90. The fourth-order valence-electron chi connectivity index (χ4n) is 2.05. The molecule has 0 unspecified atom stereocenters. The third kappa shape index (κ3) is 3.80. The van der Waals surface area contributed by atoms with E-state index < -0.39 is 11.7 Å². The molecule has 0 saturated heterocycles. The van der Waals surface area contributed by atoms with Crippen LogP contribution in [0.2, 0.25) is 0 Å². The van der Waals surface area contributed by atoms with Crippen LogP contribution >= 0.6 is 11.8 Å². The number of benzene rings is 2. The van der Waals surface area contributed by atoms with Crippen molar-refractivity contribution in [2.45, 2.75) is 36.4 Å². The van der Waals surface area contributed by atoms with Gasteiger partial charge in [-0.15, -0.1) is 0 Å². The highest BCUT2D eigenvalue weighted by Crippen LogP contribution is 2.36. The second-order valence-corrected chi connectivity index (χ2v) is 5.98. The van der Waals surface area contributed by atoms with Gasteiger partial charge in [0.2, 0.25) is 0 Å². The molecular weight excluding hydrogens is 295 g/mol. The zero-order valence-corrected chi connectivity index (χ0v) is 12.6. The average Bonchev–Trinajstić information content (AvgIpc) is 2.41. The highest BCUT2D eigenvalue weighted by molar-refractivity contribution is 7.99. The predicted octanol–water partition coefficient (Wildman–Crippen LogP) is 4.93. The Hall–Kier alpha value is -1.46. The van der Waals surface area contributed by atoms with Crippen molar-refractivity contribution in [1.29, 1.82) is 0 Å². The maximum Gasteiger partial charge on any atom is 0.416 e. The first-order valence-corrected chi connectivity index (χ1v) is 7.28. The monoisotopic (exact) mass is 311 g/mol. The molecule has 0 aromatic heterocycles. The van der Waals surface area contributed by atoms with Crippen LogP contribution in [-0.2, 0) is 12.7 Å². The maximum atomic E-state index is 12.7. The molecule has 2 rings (SSSR count). The van der Waals surface area contributed by atoms with Gasteiger partial charge in [-0.05, 0) is 49.2 Å². The maximum absolute atomic E-state index is 12.7. The van der Waals surface area contributed by atoms with E-state index in [0.717, 1.165) is 33.1 Å². The number of aryl methyl sites for hydroxylation is 2. The average molecular weight is 311 g/mol. The highest BCUT2D eigenvalue weighted by Gasteiger charge is 2.30. The Bertz CT molecular complexity index is 650. The predicted molar refractivity (Wildman–Crippen MR) is 79.4 cm³/mol. The normalized spacial score (nSPS) is 11.7. The summed E-state index contributed by atoms with van der Waals surface area (Å²) < 4.78 is 38.2. The third-order valence-electron chi connectivity index (χ3n) is 3.16. The van der Waals surface area contributed by atoms with Gasteiger partial charge in [0.15, 0.2) is 0 Å². The molecule has 0 amide bonds. The molecule has 112 valence electrons. The molecule has 2 aromatic carbocycles. The number of alkyl halides is 3. The number of hydrogen-bond donors (Lipinski definition) is 1. The molecular formula is C16H16F3NS. The van der Waals surface area contributed by atoms with Crippen LogP contribution in [0.1, 0.15) is 22.3 Å². The van der Waals surface area contributed by atoms with Crippen molar-refractivity contribution in [2.24, 2.45) is 5.73 Å². The van der Waals surface area contributed by atoms with Gasteiger partial charge in [-0.25, -0.2) is 0 Å². The Balaban J connectivity index is 2.36. The van der Waals surface area contributed by atoms with Crippen molar-refractivity contribution in [3.63, 3.8) is 0 Å². The van der Waals surface area contributed by atoms with Gasteiger partial charge in [0.05, 0.1) is 5.56 Å². The summed E-state index contributed by atoms with van der Waals surface area (Å²) in [7, 11) is 0. The highest BCUT2D eigenvalue weighted by atomic mass is 32.2. The third-order valence-corrected chi connectivity index (χ3v) is 4.45. The Kier molecular flexibility index (Phi) is 4.64. The smallest absolute Gasteiger partial charge is 0.326 e. The largest absolute Gasteiger partial charge is 0.416 e. The Morgan fingerprint density at radius 1 is 1.00 bits per heavy atom. The molecule has 0 aliphatic heterocycles. The summed E-state index contributed by atoms with van der Waals surface area (Å²) >= 11 is 1.45. The summed E-state index contributed by atoms with van der Waals surface area (Å²) in [5.41, 5.74) is 7.70. The number of nitrogens with two attached hydrogens (primary N) is 1. The molecule has 0 aliphatic rings. The van der Waals surface area contributed by atoms with E-state index in [1.165, 1.54) is 17.8 Å². The van der Waals surface area contributed by atoms with E-state index in [1.54, 1.807) is 0 Å². The van der Waals surface area contributed by atoms with E-state index in [-0.39, 0.29) is 6.54 Å². The van der Waals surface area contributed by atoms with Crippen molar-refractivity contribution < 1.29 is 13.2 Å². The molecule has 2 aromatic rings. The van der Waals surface area contributed by atoms with Crippen LogP contribution in [-0.4, -0.2) is 0 Å². The summed E-state index contributed by atoms with van der Waals surface area (Å²) in [6.45, 7) is 4.07. The van der Waals surface area contributed by atoms with Crippen LogP contribution < -0.4 is 5.73 Å². The van der Waals surface area contributed by atoms with E-state index in [2.05, 4.69) is 6.07 Å². The molecule has 21 heavy (non-hydrogen) atoms. The lowest BCUT2D eigenvalue weighted by molar-refractivity contribution is -0.137. The van der Waals surface area contributed by atoms with E-state index in [9.17, 15) is 13.2 Å². The van der Waals surface area contributed by atoms with Crippen molar-refractivity contribution in [3.05, 3.63) is 58.7 Å². The molecule has 0 spiro atoms. The first-order chi connectivity index (χ1) is 9.81. The number of halogens is 3.